The van der Waals surface area contributed by atoms with Gasteiger partial charge in [0.2, 0.25) is 0 Å². The molecule has 1 aromatic rings. The molecule has 0 radical (unpaired) electrons. The van der Waals surface area contributed by atoms with Crippen LogP contribution in [0.4, 0.5) is 0 Å². The number of hydrogen-bond donors (Lipinski definition) is 2. The monoisotopic (exact) mass is 319 g/mol. The normalized spacial score (nSPS) is 17.9. The molecule has 1 atom stereocenters. The molecule has 2 rings (SSSR count). The van der Waals surface area contributed by atoms with Gasteiger partial charge in [-0.25, -0.2) is 0 Å². The molecule has 2 N–H and O–H groups in total. The van der Waals surface area contributed by atoms with Gasteiger partial charge in [0.05, 0.1) is 0 Å². The Balaban J connectivity index is 1.57. The number of aliphatic imine (C=N–C) groups is 1. The van der Waals surface area contributed by atoms with Crippen LogP contribution in [0.1, 0.15) is 58.3 Å². The first-order valence-electron chi connectivity index (χ1n) is 9.22. The molecule has 1 heterocycles. The highest BCUT2D eigenvalue weighted by Crippen LogP contribution is 2.27. The standard InChI is InChI=1S/C18H33N5/c1-16(10-11-17-8-4-3-5-9-17)22-18(19-2)20-12-6-14-23-15-7-13-21-23/h7,13,15-17H,3-6,8-12,14H2,1-2H3,(H2,19,20,22). The molecule has 1 aliphatic carbocycles. The minimum absolute atomic E-state index is 0.481. The number of hydrogen-bond acceptors (Lipinski definition) is 2. The second-order valence-electron chi connectivity index (χ2n) is 6.75. The zero-order valence-corrected chi connectivity index (χ0v) is 14.8. The molecular weight excluding hydrogens is 286 g/mol. The number of guanidine groups is 1. The van der Waals surface area contributed by atoms with E-state index in [1.54, 1.807) is 0 Å². The molecule has 0 aromatic carbocycles. The summed E-state index contributed by atoms with van der Waals surface area (Å²) in [7, 11) is 1.84. The van der Waals surface area contributed by atoms with E-state index < -0.39 is 0 Å². The summed E-state index contributed by atoms with van der Waals surface area (Å²) >= 11 is 0. The van der Waals surface area contributed by atoms with E-state index in [0.29, 0.717) is 6.04 Å². The molecule has 0 amide bonds. The summed E-state index contributed by atoms with van der Waals surface area (Å²) in [5, 5.41) is 11.1. The second-order valence-corrected chi connectivity index (χ2v) is 6.75. The number of nitrogens with zero attached hydrogens (tertiary/aromatic N) is 3. The summed E-state index contributed by atoms with van der Waals surface area (Å²) < 4.78 is 1.96. The van der Waals surface area contributed by atoms with Crippen molar-refractivity contribution in [2.45, 2.75) is 70.9 Å². The van der Waals surface area contributed by atoms with Gasteiger partial charge in [-0.15, -0.1) is 0 Å². The molecule has 1 saturated carbocycles. The molecule has 1 aromatic heterocycles. The Kier molecular flexibility index (Phi) is 7.98. The topological polar surface area (TPSA) is 54.2 Å². The van der Waals surface area contributed by atoms with E-state index in [-0.39, 0.29) is 0 Å². The summed E-state index contributed by atoms with van der Waals surface area (Å²) in [6, 6.07) is 2.44. The Bertz CT molecular complexity index is 434. The van der Waals surface area contributed by atoms with Crippen LogP contribution >= 0.6 is 0 Å². The zero-order chi connectivity index (χ0) is 16.3. The van der Waals surface area contributed by atoms with Gasteiger partial charge in [-0.05, 0) is 38.2 Å². The highest BCUT2D eigenvalue weighted by Gasteiger charge is 2.14. The van der Waals surface area contributed by atoms with Gasteiger partial charge in [0.1, 0.15) is 0 Å². The molecule has 5 nitrogen and oxygen atoms in total. The fourth-order valence-corrected chi connectivity index (χ4v) is 3.34. The highest BCUT2D eigenvalue weighted by atomic mass is 15.3. The predicted octanol–water partition coefficient (Wildman–Crippen LogP) is 3.19. The fourth-order valence-electron chi connectivity index (χ4n) is 3.34. The lowest BCUT2D eigenvalue weighted by Gasteiger charge is -2.24. The Hall–Kier alpha value is -1.52. The molecule has 130 valence electrons. The van der Waals surface area contributed by atoms with Crippen molar-refractivity contribution in [2.24, 2.45) is 10.9 Å². The van der Waals surface area contributed by atoms with Crippen molar-refractivity contribution in [3.05, 3.63) is 18.5 Å². The molecule has 1 aliphatic rings. The lowest BCUT2D eigenvalue weighted by atomic mass is 9.85. The Labute approximate surface area is 141 Å². The molecule has 0 aliphatic heterocycles. The number of rotatable bonds is 8. The number of aromatic nitrogens is 2. The average molecular weight is 319 g/mol. The SMILES string of the molecule is CN=C(NCCCn1cccn1)NC(C)CCC1CCCCC1. The third kappa shape index (κ3) is 7.06. The first kappa shape index (κ1) is 17.8. The van der Waals surface area contributed by atoms with E-state index in [9.17, 15) is 0 Å². The maximum Gasteiger partial charge on any atom is 0.191 e. The molecule has 0 bridgehead atoms. The van der Waals surface area contributed by atoms with Crippen LogP contribution in [-0.2, 0) is 6.54 Å². The van der Waals surface area contributed by atoms with E-state index in [0.717, 1.165) is 31.4 Å². The van der Waals surface area contributed by atoms with Crippen LogP contribution in [0.25, 0.3) is 0 Å². The Morgan fingerprint density at radius 1 is 1.35 bits per heavy atom. The number of nitrogens with one attached hydrogen (secondary N) is 2. The van der Waals surface area contributed by atoms with E-state index >= 15 is 0 Å². The molecule has 23 heavy (non-hydrogen) atoms. The zero-order valence-electron chi connectivity index (χ0n) is 14.8. The fraction of sp³-hybridized carbons (Fsp3) is 0.778. The molecule has 1 fully saturated rings. The Morgan fingerprint density at radius 3 is 2.87 bits per heavy atom. The van der Waals surface area contributed by atoms with Gasteiger partial charge in [-0.3, -0.25) is 9.67 Å². The predicted molar refractivity (Wildman–Crippen MR) is 96.6 cm³/mol. The Morgan fingerprint density at radius 2 is 2.17 bits per heavy atom. The first-order chi connectivity index (χ1) is 11.3. The van der Waals surface area contributed by atoms with Crippen molar-refractivity contribution in [1.82, 2.24) is 20.4 Å². The molecule has 0 spiro atoms. The van der Waals surface area contributed by atoms with Gasteiger partial charge in [-0.2, -0.15) is 5.10 Å². The van der Waals surface area contributed by atoms with Crippen LogP contribution in [0.15, 0.2) is 23.5 Å². The average Bonchev–Trinajstić information content (AvgIpc) is 3.10. The van der Waals surface area contributed by atoms with Crippen LogP contribution in [0, 0.1) is 5.92 Å². The lowest BCUT2D eigenvalue weighted by molar-refractivity contribution is 0.322. The largest absolute Gasteiger partial charge is 0.356 e. The second kappa shape index (κ2) is 10.3. The summed E-state index contributed by atoms with van der Waals surface area (Å²) in [4.78, 5) is 4.33. The quantitative estimate of drug-likeness (QED) is 0.439. The summed E-state index contributed by atoms with van der Waals surface area (Å²) in [6.45, 7) is 4.11. The summed E-state index contributed by atoms with van der Waals surface area (Å²) in [5.41, 5.74) is 0. The maximum absolute atomic E-state index is 4.33. The van der Waals surface area contributed by atoms with Gasteiger partial charge in [0.25, 0.3) is 0 Å². The number of aryl methyl sites for hydroxylation is 1. The van der Waals surface area contributed by atoms with Crippen LogP contribution in [0.3, 0.4) is 0 Å². The van der Waals surface area contributed by atoms with Crippen molar-refractivity contribution in [3.8, 4) is 0 Å². The highest BCUT2D eigenvalue weighted by molar-refractivity contribution is 5.79. The summed E-state index contributed by atoms with van der Waals surface area (Å²) in [5.74, 6) is 1.87. The molecular formula is C18H33N5. The van der Waals surface area contributed by atoms with Gasteiger partial charge < -0.3 is 10.6 Å². The van der Waals surface area contributed by atoms with Gasteiger partial charge in [0, 0.05) is 38.6 Å². The van der Waals surface area contributed by atoms with Crippen molar-refractivity contribution >= 4 is 5.96 Å². The van der Waals surface area contributed by atoms with Crippen LogP contribution in [0.5, 0.6) is 0 Å². The van der Waals surface area contributed by atoms with Gasteiger partial charge in [0.15, 0.2) is 5.96 Å². The van der Waals surface area contributed by atoms with Crippen molar-refractivity contribution in [1.29, 1.82) is 0 Å². The van der Waals surface area contributed by atoms with Gasteiger partial charge >= 0.3 is 0 Å². The van der Waals surface area contributed by atoms with Crippen LogP contribution in [-0.4, -0.2) is 35.4 Å². The third-order valence-electron chi connectivity index (χ3n) is 4.76. The smallest absolute Gasteiger partial charge is 0.191 e. The van der Waals surface area contributed by atoms with Crippen LogP contribution in [0.2, 0.25) is 0 Å². The van der Waals surface area contributed by atoms with E-state index in [1.807, 2.05) is 30.2 Å². The maximum atomic E-state index is 4.33. The first-order valence-corrected chi connectivity index (χ1v) is 9.22. The van der Waals surface area contributed by atoms with E-state index in [1.165, 1.54) is 44.9 Å². The minimum atomic E-state index is 0.481. The van der Waals surface area contributed by atoms with Crippen LogP contribution < -0.4 is 10.6 Å². The van der Waals surface area contributed by atoms with Gasteiger partial charge in [-0.1, -0.05) is 32.1 Å². The van der Waals surface area contributed by atoms with Crippen molar-refractivity contribution in [2.75, 3.05) is 13.6 Å². The molecule has 1 unspecified atom stereocenters. The van der Waals surface area contributed by atoms with Crippen molar-refractivity contribution < 1.29 is 0 Å². The van der Waals surface area contributed by atoms with E-state index in [4.69, 9.17) is 0 Å². The minimum Gasteiger partial charge on any atom is -0.356 e. The van der Waals surface area contributed by atoms with Crippen molar-refractivity contribution in [3.63, 3.8) is 0 Å². The summed E-state index contributed by atoms with van der Waals surface area (Å²) in [6.07, 6.45) is 14.6. The molecule has 5 heteroatoms. The third-order valence-corrected chi connectivity index (χ3v) is 4.76. The van der Waals surface area contributed by atoms with E-state index in [2.05, 4.69) is 27.6 Å². The molecule has 0 saturated heterocycles. The lowest BCUT2D eigenvalue weighted by Crippen LogP contribution is -2.42.